The third kappa shape index (κ3) is 5.11. The van der Waals surface area contributed by atoms with E-state index in [4.69, 9.17) is 4.42 Å². The monoisotopic (exact) mass is 410 g/mol. The number of aliphatic carboxylic acids is 2. The first kappa shape index (κ1) is 25.0. The Labute approximate surface area is 207 Å². The molecule has 0 saturated carbocycles. The van der Waals surface area contributed by atoms with Crippen LogP contribution in [0.4, 0.5) is 0 Å². The number of carbonyl (C=O) groups excluding carboxylic acids is 4. The molecule has 134 valence electrons. The molecule has 0 amide bonds. The molecular weight excluding hydrogens is 402 g/mol. The molecule has 29 heavy (non-hydrogen) atoms. The van der Waals surface area contributed by atoms with Crippen molar-refractivity contribution in [1.82, 2.24) is 0 Å². The van der Waals surface area contributed by atoms with E-state index in [-0.39, 0.29) is 86.8 Å². The summed E-state index contributed by atoms with van der Waals surface area (Å²) in [5.41, 5.74) is -0.232. The number of ketones is 2. The van der Waals surface area contributed by atoms with Gasteiger partial charge in [-0.2, -0.15) is 0 Å². The van der Waals surface area contributed by atoms with E-state index in [2.05, 4.69) is 0 Å². The second-order valence-corrected chi connectivity index (χ2v) is 5.50. The Kier molecular flexibility index (Phi) is 8.70. The van der Waals surface area contributed by atoms with Gasteiger partial charge in [-0.15, -0.1) is 0 Å². The average Bonchev–Trinajstić information content (AvgIpc) is 2.67. The zero-order chi connectivity index (χ0) is 19.7. The zero-order valence-corrected chi connectivity index (χ0v) is 19.4. The topological polar surface area (TPSA) is 145 Å². The van der Waals surface area contributed by atoms with E-state index < -0.39 is 28.9 Å². The summed E-state index contributed by atoms with van der Waals surface area (Å²) in [6.45, 7) is 0. The average molecular weight is 410 g/mol. The molecule has 10 heteroatoms. The number of benzene rings is 2. The Hall–Kier alpha value is -2.07. The van der Waals surface area contributed by atoms with Gasteiger partial charge in [0.25, 0.3) is 0 Å². The van der Waals surface area contributed by atoms with E-state index in [1.54, 1.807) is 0 Å². The van der Waals surface area contributed by atoms with Crippen LogP contribution in [0.2, 0.25) is 0 Å². The van der Waals surface area contributed by atoms with Gasteiger partial charge < -0.3 is 24.2 Å². The maximum atomic E-state index is 12.6. The Morgan fingerprint density at radius 2 is 1.28 bits per heavy atom. The van der Waals surface area contributed by atoms with Gasteiger partial charge in [0.05, 0.1) is 10.9 Å². The fourth-order valence-corrected chi connectivity index (χ4v) is 2.51. The number of rotatable bonds is 5. The molecule has 0 atom stereocenters. The molecule has 0 radical (unpaired) electrons. The summed E-state index contributed by atoms with van der Waals surface area (Å²) in [6.07, 6.45) is 1.12. The van der Waals surface area contributed by atoms with Gasteiger partial charge in [-0.1, -0.05) is 24.3 Å². The third-order valence-corrected chi connectivity index (χ3v) is 3.87. The maximum Gasteiger partial charge on any atom is 1.00 e. The van der Waals surface area contributed by atoms with Crippen molar-refractivity contribution in [2.24, 2.45) is 0 Å². The molecule has 0 bridgehead atoms. The zero-order valence-electron chi connectivity index (χ0n) is 15.4. The molecule has 0 saturated heterocycles. The molecule has 3 aromatic rings. The Balaban J connectivity index is 0.00000210. The van der Waals surface area contributed by atoms with E-state index in [1.165, 1.54) is 36.4 Å². The van der Waals surface area contributed by atoms with Gasteiger partial charge in [-0.3, -0.25) is 14.4 Å². The first-order valence-electron chi connectivity index (χ1n) is 7.47. The van der Waals surface area contributed by atoms with Gasteiger partial charge in [0.2, 0.25) is 11.6 Å². The van der Waals surface area contributed by atoms with E-state index in [0.29, 0.717) is 5.56 Å². The van der Waals surface area contributed by atoms with Crippen LogP contribution in [0.3, 0.4) is 0 Å². The third-order valence-electron chi connectivity index (χ3n) is 3.87. The van der Waals surface area contributed by atoms with Crippen molar-refractivity contribution >= 4 is 34.5 Å². The van der Waals surface area contributed by atoms with Gasteiger partial charge in [0.1, 0.15) is 23.8 Å². The van der Waals surface area contributed by atoms with Crippen molar-refractivity contribution in [3.8, 4) is 11.1 Å². The van der Waals surface area contributed by atoms with Crippen molar-refractivity contribution in [3.63, 3.8) is 0 Å². The number of carbonyl (C=O) groups is 4. The molecule has 0 aliphatic heterocycles. The summed E-state index contributed by atoms with van der Waals surface area (Å²) in [7, 11) is 0. The predicted octanol–water partition coefficient (Wildman–Crippen LogP) is -6.67. The van der Waals surface area contributed by atoms with E-state index >= 15 is 0 Å². The molecule has 1 heterocycles. The van der Waals surface area contributed by atoms with Gasteiger partial charge in [0.15, 0.2) is 5.43 Å². The second kappa shape index (κ2) is 10.1. The first-order valence-corrected chi connectivity index (χ1v) is 7.47. The second-order valence-electron chi connectivity index (χ2n) is 5.50. The smallest absolute Gasteiger partial charge is 0.541 e. The minimum absolute atomic E-state index is 0. The van der Waals surface area contributed by atoms with Crippen molar-refractivity contribution in [2.75, 3.05) is 0 Å². The predicted molar refractivity (Wildman–Crippen MR) is 86.6 cm³/mol. The molecule has 1 aromatic heterocycles. The summed E-state index contributed by atoms with van der Waals surface area (Å²) >= 11 is 0. The van der Waals surface area contributed by atoms with Gasteiger partial charge in [-0.05, 0) is 23.8 Å². The van der Waals surface area contributed by atoms with Crippen LogP contribution in [0.1, 0.15) is 20.7 Å². The summed E-state index contributed by atoms with van der Waals surface area (Å²) in [4.78, 5) is 56.6. The number of Topliss-reactive ketones (excluding diaryl/α,β-unsaturated/α-hetero) is 2. The number of hydrogen-bond acceptors (Lipinski definition) is 8. The van der Waals surface area contributed by atoms with E-state index in [1.807, 2.05) is 0 Å². The van der Waals surface area contributed by atoms with E-state index in [0.717, 1.165) is 12.3 Å². The van der Waals surface area contributed by atoms with Crippen LogP contribution in [0, 0.1) is 0 Å². The van der Waals surface area contributed by atoms with Gasteiger partial charge >= 0.3 is 59.1 Å². The molecule has 0 aliphatic carbocycles. The molecule has 0 unspecified atom stereocenters. The van der Waals surface area contributed by atoms with Crippen molar-refractivity contribution < 1.29 is 92.9 Å². The van der Waals surface area contributed by atoms with E-state index in [9.17, 15) is 34.2 Å². The molecule has 0 N–H and O–H groups in total. The standard InChI is InChI=1S/C19H10O8.2Na/c20-15(18(23)24)10-3-1-9(2-4-10)13-8-27-14-7-11(16(21)19(25)26)5-6-12(14)17(13)22;;/h1-8H,(H,23,24)(H,25,26);;/q;2*+1/p-2. The van der Waals surface area contributed by atoms with Crippen molar-refractivity contribution in [1.29, 1.82) is 0 Å². The minimum Gasteiger partial charge on any atom is -0.541 e. The van der Waals surface area contributed by atoms with Gasteiger partial charge in [0, 0.05) is 11.1 Å². The molecular formula is C19H8Na2O8. The van der Waals surface area contributed by atoms with Crippen LogP contribution in [0.25, 0.3) is 22.1 Å². The molecule has 0 spiro atoms. The number of fused-ring (bicyclic) bond motifs is 1. The normalized spacial score (nSPS) is 9.79. The van der Waals surface area contributed by atoms with Crippen LogP contribution >= 0.6 is 0 Å². The first-order chi connectivity index (χ1) is 12.8. The molecule has 8 nitrogen and oxygen atoms in total. The number of carboxylic acids is 2. The summed E-state index contributed by atoms with van der Waals surface area (Å²) in [6, 6.07) is 8.78. The Morgan fingerprint density at radius 3 is 1.83 bits per heavy atom. The van der Waals surface area contributed by atoms with Crippen LogP contribution < -0.4 is 74.8 Å². The fraction of sp³-hybridized carbons (Fsp3) is 0. The molecule has 0 fully saturated rings. The number of carboxylic acid groups (broad SMARTS) is 2. The maximum absolute atomic E-state index is 12.6. The van der Waals surface area contributed by atoms with Crippen molar-refractivity contribution in [3.05, 3.63) is 70.1 Å². The fourth-order valence-electron chi connectivity index (χ4n) is 2.51. The molecule has 3 rings (SSSR count). The largest absolute Gasteiger partial charge is 1.00 e. The molecule has 2 aromatic carbocycles. The summed E-state index contributed by atoms with van der Waals surface area (Å²) in [5.74, 6) is -6.14. The van der Waals surface area contributed by atoms with Crippen molar-refractivity contribution in [2.45, 2.75) is 0 Å². The van der Waals surface area contributed by atoms with Crippen LogP contribution in [-0.4, -0.2) is 23.5 Å². The quantitative estimate of drug-likeness (QED) is 0.229. The number of hydrogen-bond donors (Lipinski definition) is 0. The SMILES string of the molecule is O=C([O-])C(=O)c1ccc(-c2coc3cc(C(=O)C(=O)[O-])ccc3c2=O)cc1.[Na+].[Na+]. The van der Waals surface area contributed by atoms with Gasteiger partial charge in [-0.25, -0.2) is 0 Å². The molecule has 0 aliphatic rings. The van der Waals surface area contributed by atoms with Crippen LogP contribution in [0.15, 0.2) is 57.9 Å². The minimum atomic E-state index is -1.88. The summed E-state index contributed by atoms with van der Waals surface area (Å²) in [5, 5.41) is 21.3. The Bertz CT molecular complexity index is 1180. The van der Waals surface area contributed by atoms with Crippen LogP contribution in [0.5, 0.6) is 0 Å². The summed E-state index contributed by atoms with van der Waals surface area (Å²) < 4.78 is 5.33. The Morgan fingerprint density at radius 1 is 0.759 bits per heavy atom. The van der Waals surface area contributed by atoms with Crippen LogP contribution in [-0.2, 0) is 9.59 Å².